The lowest BCUT2D eigenvalue weighted by molar-refractivity contribution is -0.129. The van der Waals surface area contributed by atoms with Crippen molar-refractivity contribution in [1.29, 1.82) is 0 Å². The Morgan fingerprint density at radius 1 is 0.882 bits per heavy atom. The standard InChI is InChI=1S/C27H20N2O4S/c1-31-23-13-12-18(16-24(23)32-2)25-28-22(27(30)33-25)15-19-14-17-8-6-7-11-21(17)29-26(19)34-20-9-4-3-5-10-20/h3-16H,1-2H3/b22-15+. The van der Waals surface area contributed by atoms with Crippen LogP contribution >= 0.6 is 11.8 Å². The molecule has 0 saturated heterocycles. The van der Waals surface area contributed by atoms with Gasteiger partial charge >= 0.3 is 5.97 Å². The minimum absolute atomic E-state index is 0.205. The zero-order chi connectivity index (χ0) is 23.5. The molecule has 0 bridgehead atoms. The quantitative estimate of drug-likeness (QED) is 0.265. The summed E-state index contributed by atoms with van der Waals surface area (Å²) < 4.78 is 16.1. The fourth-order valence-electron chi connectivity index (χ4n) is 3.55. The molecule has 0 spiro atoms. The van der Waals surface area contributed by atoms with Crippen molar-refractivity contribution in [3.05, 3.63) is 95.7 Å². The molecule has 2 heterocycles. The van der Waals surface area contributed by atoms with Crippen LogP contribution in [0.3, 0.4) is 0 Å². The monoisotopic (exact) mass is 468 g/mol. The van der Waals surface area contributed by atoms with E-state index in [4.69, 9.17) is 19.2 Å². The van der Waals surface area contributed by atoms with Gasteiger partial charge in [-0.2, -0.15) is 0 Å². The number of rotatable bonds is 6. The number of fused-ring (bicyclic) bond motifs is 1. The first-order chi connectivity index (χ1) is 16.6. The second-order valence-corrected chi connectivity index (χ2v) is 8.46. The van der Waals surface area contributed by atoms with Gasteiger partial charge in [0.15, 0.2) is 17.2 Å². The molecule has 1 aliphatic heterocycles. The topological polar surface area (TPSA) is 70.0 Å². The van der Waals surface area contributed by atoms with Crippen molar-refractivity contribution in [3.8, 4) is 11.5 Å². The largest absolute Gasteiger partial charge is 0.493 e. The minimum atomic E-state index is -0.520. The van der Waals surface area contributed by atoms with Gasteiger partial charge in [0.2, 0.25) is 5.90 Å². The molecule has 4 aromatic rings. The molecular weight excluding hydrogens is 448 g/mol. The molecule has 168 valence electrons. The Labute approximate surface area is 200 Å². The second-order valence-electron chi connectivity index (χ2n) is 7.40. The highest BCUT2D eigenvalue weighted by Crippen LogP contribution is 2.34. The third-order valence-corrected chi connectivity index (χ3v) is 6.25. The molecule has 0 radical (unpaired) electrons. The molecule has 5 rings (SSSR count). The summed E-state index contributed by atoms with van der Waals surface area (Å²) in [5.74, 6) is 0.796. The predicted octanol–water partition coefficient (Wildman–Crippen LogP) is 5.75. The fourth-order valence-corrected chi connectivity index (χ4v) is 4.45. The lowest BCUT2D eigenvalue weighted by Crippen LogP contribution is -2.06. The Balaban J connectivity index is 1.56. The molecule has 6 nitrogen and oxygen atoms in total. The van der Waals surface area contributed by atoms with Crippen LogP contribution in [0.5, 0.6) is 11.5 Å². The molecule has 0 saturated carbocycles. The highest BCUT2D eigenvalue weighted by molar-refractivity contribution is 7.99. The Hall–Kier alpha value is -4.10. The smallest absolute Gasteiger partial charge is 0.363 e. The molecule has 0 amide bonds. The van der Waals surface area contributed by atoms with Crippen molar-refractivity contribution in [3.63, 3.8) is 0 Å². The number of methoxy groups -OCH3 is 2. The summed E-state index contributed by atoms with van der Waals surface area (Å²) in [4.78, 5) is 23.0. The van der Waals surface area contributed by atoms with E-state index in [-0.39, 0.29) is 11.6 Å². The van der Waals surface area contributed by atoms with Crippen LogP contribution in [0.15, 0.2) is 99.5 Å². The van der Waals surface area contributed by atoms with E-state index in [2.05, 4.69) is 4.99 Å². The number of benzene rings is 3. The maximum absolute atomic E-state index is 12.7. The van der Waals surface area contributed by atoms with Crippen LogP contribution in [0.2, 0.25) is 0 Å². The lowest BCUT2D eigenvalue weighted by Gasteiger charge is -2.08. The molecule has 34 heavy (non-hydrogen) atoms. The number of hydrogen-bond acceptors (Lipinski definition) is 7. The van der Waals surface area contributed by atoms with Gasteiger partial charge in [-0.3, -0.25) is 0 Å². The first kappa shape index (κ1) is 21.7. The predicted molar refractivity (Wildman–Crippen MR) is 132 cm³/mol. The van der Waals surface area contributed by atoms with E-state index in [1.165, 1.54) is 11.8 Å². The number of carbonyl (C=O) groups is 1. The van der Waals surface area contributed by atoms with Crippen molar-refractivity contribution in [2.45, 2.75) is 9.92 Å². The first-order valence-corrected chi connectivity index (χ1v) is 11.3. The Morgan fingerprint density at radius 2 is 1.65 bits per heavy atom. The Morgan fingerprint density at radius 3 is 2.44 bits per heavy atom. The summed E-state index contributed by atoms with van der Waals surface area (Å²) in [7, 11) is 3.11. The van der Waals surface area contributed by atoms with Crippen LogP contribution in [-0.2, 0) is 9.53 Å². The van der Waals surface area contributed by atoms with Crippen molar-refractivity contribution < 1.29 is 19.0 Å². The van der Waals surface area contributed by atoms with Crippen LogP contribution in [0.25, 0.3) is 17.0 Å². The van der Waals surface area contributed by atoms with Gasteiger partial charge in [0.25, 0.3) is 0 Å². The van der Waals surface area contributed by atoms with E-state index < -0.39 is 5.97 Å². The number of aliphatic imine (C=N–C) groups is 1. The van der Waals surface area contributed by atoms with Gasteiger partial charge in [0.05, 0.1) is 19.7 Å². The maximum Gasteiger partial charge on any atom is 0.363 e. The number of ether oxygens (including phenoxy) is 3. The molecule has 0 atom stereocenters. The number of carbonyl (C=O) groups excluding carboxylic acids is 1. The summed E-state index contributed by atoms with van der Waals surface area (Å²) in [6, 6.07) is 25.1. The van der Waals surface area contributed by atoms with Crippen LogP contribution < -0.4 is 9.47 Å². The number of hydrogen-bond donors (Lipinski definition) is 0. The van der Waals surface area contributed by atoms with E-state index in [9.17, 15) is 4.79 Å². The Bertz CT molecular complexity index is 1450. The molecule has 0 unspecified atom stereocenters. The van der Waals surface area contributed by atoms with Gasteiger partial charge in [-0.05, 0) is 48.5 Å². The molecule has 3 aromatic carbocycles. The molecule has 1 aliphatic rings. The highest BCUT2D eigenvalue weighted by Gasteiger charge is 2.25. The summed E-state index contributed by atoms with van der Waals surface area (Å²) in [6.07, 6.45) is 1.72. The van der Waals surface area contributed by atoms with Crippen molar-refractivity contribution in [2.75, 3.05) is 14.2 Å². The number of nitrogens with zero attached hydrogens (tertiary/aromatic N) is 2. The van der Waals surface area contributed by atoms with E-state index in [0.717, 1.165) is 26.4 Å². The zero-order valence-corrected chi connectivity index (χ0v) is 19.3. The number of esters is 1. The average Bonchev–Trinajstić information content (AvgIpc) is 3.24. The molecule has 0 aliphatic carbocycles. The summed E-state index contributed by atoms with van der Waals surface area (Å²) in [6.45, 7) is 0. The molecule has 0 N–H and O–H groups in total. The highest BCUT2D eigenvalue weighted by atomic mass is 32.2. The van der Waals surface area contributed by atoms with E-state index >= 15 is 0 Å². The van der Waals surface area contributed by atoms with Crippen LogP contribution in [0.4, 0.5) is 0 Å². The Kier molecular flexibility index (Phi) is 6.01. The van der Waals surface area contributed by atoms with E-state index in [0.29, 0.717) is 17.1 Å². The number of pyridine rings is 1. The van der Waals surface area contributed by atoms with Gasteiger partial charge in [0.1, 0.15) is 5.03 Å². The summed E-state index contributed by atoms with van der Waals surface area (Å²) in [5.41, 5.74) is 2.49. The third-order valence-electron chi connectivity index (χ3n) is 5.22. The summed E-state index contributed by atoms with van der Waals surface area (Å²) >= 11 is 1.53. The van der Waals surface area contributed by atoms with Gasteiger partial charge < -0.3 is 14.2 Å². The number of para-hydroxylation sites is 1. The maximum atomic E-state index is 12.7. The number of cyclic esters (lactones) is 1. The molecule has 0 fully saturated rings. The summed E-state index contributed by atoms with van der Waals surface area (Å²) in [5, 5.41) is 1.75. The van der Waals surface area contributed by atoms with Crippen LogP contribution in [0.1, 0.15) is 11.1 Å². The minimum Gasteiger partial charge on any atom is -0.493 e. The third kappa shape index (κ3) is 4.38. The normalized spacial score (nSPS) is 14.2. The van der Waals surface area contributed by atoms with Crippen molar-refractivity contribution in [2.24, 2.45) is 4.99 Å². The SMILES string of the molecule is COc1ccc(C2=N/C(=C/c3cc4ccccc4nc3Sc3ccccc3)C(=O)O2)cc1OC. The first-order valence-electron chi connectivity index (χ1n) is 10.5. The lowest BCUT2D eigenvalue weighted by atomic mass is 10.1. The van der Waals surface area contributed by atoms with E-state index in [1.54, 1.807) is 38.5 Å². The fraction of sp³-hybridized carbons (Fsp3) is 0.0741. The average molecular weight is 469 g/mol. The van der Waals surface area contributed by atoms with Gasteiger partial charge in [0, 0.05) is 21.4 Å². The van der Waals surface area contributed by atoms with Gasteiger partial charge in [-0.1, -0.05) is 48.2 Å². The van der Waals surface area contributed by atoms with Gasteiger partial charge in [-0.25, -0.2) is 14.8 Å². The number of aromatic nitrogens is 1. The molecule has 1 aromatic heterocycles. The van der Waals surface area contributed by atoms with E-state index in [1.807, 2.05) is 60.7 Å². The zero-order valence-electron chi connectivity index (χ0n) is 18.5. The molecule has 7 heteroatoms. The molecular formula is C27H20N2O4S. The van der Waals surface area contributed by atoms with Gasteiger partial charge in [-0.15, -0.1) is 0 Å². The van der Waals surface area contributed by atoms with Crippen molar-refractivity contribution >= 4 is 40.6 Å². The van der Waals surface area contributed by atoms with Crippen LogP contribution in [0, 0.1) is 0 Å². The van der Waals surface area contributed by atoms with Crippen LogP contribution in [-0.4, -0.2) is 31.1 Å². The van der Waals surface area contributed by atoms with Crippen molar-refractivity contribution in [1.82, 2.24) is 4.98 Å². The second kappa shape index (κ2) is 9.41.